The van der Waals surface area contributed by atoms with Crippen molar-refractivity contribution in [1.29, 1.82) is 0 Å². The predicted molar refractivity (Wildman–Crippen MR) is 105 cm³/mol. The second-order valence-corrected chi connectivity index (χ2v) is 8.66. The molecule has 0 unspecified atom stereocenters. The molecule has 2 N–H and O–H groups in total. The SMILES string of the molecule is O=C(Nc1cc(Cl)ccc1NS(=O)(=O)c1ccccc1F)c1cc(C2CC2)on1. The molecule has 0 spiro atoms. The third-order valence-corrected chi connectivity index (χ3v) is 5.97. The number of halogens is 2. The molecule has 0 bridgehead atoms. The molecule has 29 heavy (non-hydrogen) atoms. The van der Waals surface area contributed by atoms with Crippen LogP contribution in [-0.4, -0.2) is 19.5 Å². The maximum absolute atomic E-state index is 13.9. The standard InChI is InChI=1S/C19H15ClFN3O4S/c20-12-7-8-14(24-29(26,27)18-4-2-1-3-13(18)21)15(9-12)22-19(25)16-10-17(28-23-16)11-5-6-11/h1-4,7-11,24H,5-6H2,(H,22,25). The molecule has 0 atom stereocenters. The van der Waals surface area contributed by atoms with Crippen LogP contribution in [-0.2, 0) is 10.0 Å². The third kappa shape index (κ3) is 4.25. The minimum absolute atomic E-state index is 0.0249. The number of anilines is 2. The molecule has 7 nitrogen and oxygen atoms in total. The maximum atomic E-state index is 13.9. The Morgan fingerprint density at radius 2 is 1.90 bits per heavy atom. The van der Waals surface area contributed by atoms with Gasteiger partial charge in [0.05, 0.1) is 11.4 Å². The first kappa shape index (κ1) is 19.4. The summed E-state index contributed by atoms with van der Waals surface area (Å²) in [6.07, 6.45) is 1.99. The van der Waals surface area contributed by atoms with Crippen molar-refractivity contribution in [3.05, 3.63) is 70.8 Å². The van der Waals surface area contributed by atoms with Gasteiger partial charge in [0, 0.05) is 17.0 Å². The Hall–Kier alpha value is -2.91. The number of nitrogens with one attached hydrogen (secondary N) is 2. The molecule has 0 saturated heterocycles. The van der Waals surface area contributed by atoms with Crippen molar-refractivity contribution >= 4 is 38.9 Å². The average Bonchev–Trinajstić information content (AvgIpc) is 3.40. The summed E-state index contributed by atoms with van der Waals surface area (Å²) < 4.78 is 46.5. The van der Waals surface area contributed by atoms with Gasteiger partial charge in [-0.2, -0.15) is 0 Å². The Bertz CT molecular complexity index is 1190. The van der Waals surface area contributed by atoms with E-state index in [0.29, 0.717) is 11.7 Å². The van der Waals surface area contributed by atoms with Crippen molar-refractivity contribution in [2.75, 3.05) is 10.0 Å². The van der Waals surface area contributed by atoms with Crippen LogP contribution < -0.4 is 10.0 Å². The fourth-order valence-corrected chi connectivity index (χ4v) is 4.05. The van der Waals surface area contributed by atoms with Gasteiger partial charge in [0.25, 0.3) is 15.9 Å². The van der Waals surface area contributed by atoms with E-state index in [4.69, 9.17) is 16.1 Å². The van der Waals surface area contributed by atoms with Gasteiger partial charge < -0.3 is 9.84 Å². The van der Waals surface area contributed by atoms with Gasteiger partial charge in [-0.1, -0.05) is 28.9 Å². The first-order valence-corrected chi connectivity index (χ1v) is 10.5. The molecule has 0 radical (unpaired) electrons. The van der Waals surface area contributed by atoms with E-state index in [9.17, 15) is 17.6 Å². The van der Waals surface area contributed by atoms with Gasteiger partial charge in [-0.05, 0) is 43.2 Å². The lowest BCUT2D eigenvalue weighted by atomic mass is 10.2. The highest BCUT2D eigenvalue weighted by atomic mass is 35.5. The quantitative estimate of drug-likeness (QED) is 0.597. The van der Waals surface area contributed by atoms with Crippen molar-refractivity contribution in [3.63, 3.8) is 0 Å². The van der Waals surface area contributed by atoms with E-state index in [1.54, 1.807) is 6.07 Å². The molecule has 4 rings (SSSR count). The molecule has 2 aromatic carbocycles. The molecule has 1 saturated carbocycles. The van der Waals surface area contributed by atoms with E-state index in [1.165, 1.54) is 30.3 Å². The predicted octanol–water partition coefficient (Wildman–Crippen LogP) is 4.40. The van der Waals surface area contributed by atoms with Gasteiger partial charge >= 0.3 is 0 Å². The minimum atomic E-state index is -4.23. The molecule has 1 heterocycles. The molecule has 10 heteroatoms. The largest absolute Gasteiger partial charge is 0.360 e. The van der Waals surface area contributed by atoms with Gasteiger partial charge in [0.1, 0.15) is 16.5 Å². The van der Waals surface area contributed by atoms with Gasteiger partial charge in [-0.25, -0.2) is 12.8 Å². The second-order valence-electron chi connectivity index (χ2n) is 6.57. The van der Waals surface area contributed by atoms with Crippen molar-refractivity contribution in [2.45, 2.75) is 23.7 Å². The van der Waals surface area contributed by atoms with Crippen molar-refractivity contribution in [2.24, 2.45) is 0 Å². The van der Waals surface area contributed by atoms with Crippen molar-refractivity contribution < 1.29 is 22.1 Å². The van der Waals surface area contributed by atoms with Gasteiger partial charge in [0.15, 0.2) is 5.69 Å². The highest BCUT2D eigenvalue weighted by Crippen LogP contribution is 2.40. The Morgan fingerprint density at radius 3 is 2.62 bits per heavy atom. The topological polar surface area (TPSA) is 101 Å². The highest BCUT2D eigenvalue weighted by Gasteiger charge is 2.29. The molecular formula is C19H15ClFN3O4S. The van der Waals surface area contributed by atoms with Crippen LogP contribution in [0.3, 0.4) is 0 Å². The number of benzene rings is 2. The summed E-state index contributed by atoms with van der Waals surface area (Å²) in [7, 11) is -4.23. The first-order valence-electron chi connectivity index (χ1n) is 8.68. The van der Waals surface area contributed by atoms with Crippen LogP contribution in [0, 0.1) is 5.82 Å². The molecule has 1 fully saturated rings. The second kappa shape index (κ2) is 7.49. The van der Waals surface area contributed by atoms with Crippen LogP contribution in [0.1, 0.15) is 35.0 Å². The summed E-state index contributed by atoms with van der Waals surface area (Å²) in [5, 5.41) is 6.58. The van der Waals surface area contributed by atoms with Crippen LogP contribution in [0.15, 0.2) is 57.9 Å². The van der Waals surface area contributed by atoms with E-state index in [2.05, 4.69) is 15.2 Å². The van der Waals surface area contributed by atoms with Crippen LogP contribution in [0.25, 0.3) is 0 Å². The number of hydrogen-bond acceptors (Lipinski definition) is 5. The fourth-order valence-electron chi connectivity index (χ4n) is 2.71. The summed E-state index contributed by atoms with van der Waals surface area (Å²) >= 11 is 5.99. The lowest BCUT2D eigenvalue weighted by Crippen LogP contribution is -2.18. The molecule has 150 valence electrons. The number of nitrogens with zero attached hydrogens (tertiary/aromatic N) is 1. The molecule has 1 aromatic heterocycles. The summed E-state index contributed by atoms with van der Waals surface area (Å²) in [4.78, 5) is 12.0. The normalized spacial score (nSPS) is 13.9. The van der Waals surface area contributed by atoms with Crippen molar-refractivity contribution in [3.8, 4) is 0 Å². The Morgan fingerprint density at radius 1 is 1.14 bits per heavy atom. The smallest absolute Gasteiger partial charge is 0.277 e. The number of aromatic nitrogens is 1. The zero-order valence-electron chi connectivity index (χ0n) is 14.9. The molecule has 1 aliphatic carbocycles. The van der Waals surface area contributed by atoms with Crippen LogP contribution in [0.4, 0.5) is 15.8 Å². The van der Waals surface area contributed by atoms with E-state index in [1.807, 2.05) is 0 Å². The monoisotopic (exact) mass is 435 g/mol. The molecular weight excluding hydrogens is 421 g/mol. The van der Waals surface area contributed by atoms with Gasteiger partial charge in [-0.3, -0.25) is 9.52 Å². The third-order valence-electron chi connectivity index (χ3n) is 4.34. The lowest BCUT2D eigenvalue weighted by molar-refractivity contribution is 0.101. The van der Waals surface area contributed by atoms with Gasteiger partial charge in [0.2, 0.25) is 0 Å². The number of sulfonamides is 1. The summed E-state index contributed by atoms with van der Waals surface area (Å²) in [5.74, 6) is -0.552. The summed E-state index contributed by atoms with van der Waals surface area (Å²) in [5.41, 5.74) is 0.185. The van der Waals surface area contributed by atoms with Crippen LogP contribution in [0.2, 0.25) is 5.02 Å². The van der Waals surface area contributed by atoms with E-state index in [0.717, 1.165) is 25.0 Å². The number of carbonyl (C=O) groups excluding carboxylic acids is 1. The zero-order chi connectivity index (χ0) is 20.6. The maximum Gasteiger partial charge on any atom is 0.277 e. The minimum Gasteiger partial charge on any atom is -0.360 e. The van der Waals surface area contributed by atoms with Gasteiger partial charge in [-0.15, -0.1) is 0 Å². The zero-order valence-corrected chi connectivity index (χ0v) is 16.4. The lowest BCUT2D eigenvalue weighted by Gasteiger charge is -2.14. The number of hydrogen-bond donors (Lipinski definition) is 2. The van der Waals surface area contributed by atoms with E-state index >= 15 is 0 Å². The van der Waals surface area contributed by atoms with E-state index < -0.39 is 26.6 Å². The molecule has 0 aliphatic heterocycles. The molecule has 1 amide bonds. The van der Waals surface area contributed by atoms with E-state index in [-0.39, 0.29) is 22.1 Å². The summed E-state index contributed by atoms with van der Waals surface area (Å²) in [6.45, 7) is 0. The molecule has 1 aliphatic rings. The Labute approximate surface area is 170 Å². The number of amides is 1. The highest BCUT2D eigenvalue weighted by molar-refractivity contribution is 7.92. The summed E-state index contributed by atoms with van der Waals surface area (Å²) in [6, 6.07) is 10.7. The van der Waals surface area contributed by atoms with Crippen LogP contribution in [0.5, 0.6) is 0 Å². The fraction of sp³-hybridized carbons (Fsp3) is 0.158. The van der Waals surface area contributed by atoms with Crippen molar-refractivity contribution in [1.82, 2.24) is 5.16 Å². The Kier molecular flexibility index (Phi) is 5.01. The average molecular weight is 436 g/mol. The first-order chi connectivity index (χ1) is 13.8. The Balaban J connectivity index is 1.60. The molecule has 3 aromatic rings. The number of carbonyl (C=O) groups is 1. The van der Waals surface area contributed by atoms with Crippen LogP contribution >= 0.6 is 11.6 Å². The number of rotatable bonds is 6.